The van der Waals surface area contributed by atoms with Crippen LogP contribution in [0.1, 0.15) is 0 Å². The van der Waals surface area contributed by atoms with E-state index in [9.17, 15) is 4.79 Å². The highest BCUT2D eigenvalue weighted by molar-refractivity contribution is 5.81. The lowest BCUT2D eigenvalue weighted by molar-refractivity contribution is -0.150. The minimum Gasteiger partial charge on any atom is -0.365 e. The summed E-state index contributed by atoms with van der Waals surface area (Å²) in [5.74, 6) is 0.0746. The normalized spacial score (nSPS) is 25.8. The minimum absolute atomic E-state index is 0.0746. The first-order valence-electron chi connectivity index (χ1n) is 3.77. The van der Waals surface area contributed by atoms with Gasteiger partial charge in [-0.2, -0.15) is 0 Å². The second kappa shape index (κ2) is 3.69. The quantitative estimate of drug-likeness (QED) is 0.564. The standard InChI is InChI=1S/C7H14N2O2/c1-8-5-6-7(10)9(2)3-4-11-6/h6,8H,3-5H2,1-2H3. The molecule has 1 fully saturated rings. The van der Waals surface area contributed by atoms with Gasteiger partial charge in [0, 0.05) is 20.1 Å². The molecule has 0 aromatic carbocycles. The summed E-state index contributed by atoms with van der Waals surface area (Å²) in [6, 6.07) is 0. The van der Waals surface area contributed by atoms with Crippen LogP contribution in [0.15, 0.2) is 0 Å². The Balaban J connectivity index is 2.44. The molecule has 1 unspecified atom stereocenters. The van der Waals surface area contributed by atoms with Crippen LogP contribution in [0, 0.1) is 0 Å². The zero-order valence-electron chi connectivity index (χ0n) is 6.96. The van der Waals surface area contributed by atoms with Gasteiger partial charge in [0.1, 0.15) is 6.10 Å². The molecule has 0 aromatic rings. The van der Waals surface area contributed by atoms with Gasteiger partial charge in [-0.05, 0) is 7.05 Å². The van der Waals surface area contributed by atoms with Crippen molar-refractivity contribution in [1.29, 1.82) is 0 Å². The van der Waals surface area contributed by atoms with Gasteiger partial charge in [0.25, 0.3) is 5.91 Å². The van der Waals surface area contributed by atoms with E-state index in [1.165, 1.54) is 0 Å². The van der Waals surface area contributed by atoms with E-state index >= 15 is 0 Å². The van der Waals surface area contributed by atoms with Gasteiger partial charge >= 0.3 is 0 Å². The molecule has 0 bridgehead atoms. The predicted octanol–water partition coefficient (Wildman–Crippen LogP) is -0.937. The fraction of sp³-hybridized carbons (Fsp3) is 0.857. The molecule has 0 spiro atoms. The largest absolute Gasteiger partial charge is 0.365 e. The Labute approximate surface area is 66.5 Å². The first-order chi connectivity index (χ1) is 5.25. The number of morpholine rings is 1. The maximum absolute atomic E-state index is 11.3. The molecule has 1 atom stereocenters. The second-order valence-electron chi connectivity index (χ2n) is 2.68. The van der Waals surface area contributed by atoms with Crippen LogP contribution >= 0.6 is 0 Å². The van der Waals surface area contributed by atoms with Crippen molar-refractivity contribution in [3.05, 3.63) is 0 Å². The van der Waals surface area contributed by atoms with Gasteiger partial charge in [-0.25, -0.2) is 0 Å². The third-order valence-electron chi connectivity index (χ3n) is 1.79. The monoisotopic (exact) mass is 158 g/mol. The number of rotatable bonds is 2. The molecule has 1 N–H and O–H groups in total. The number of nitrogens with zero attached hydrogens (tertiary/aromatic N) is 1. The Morgan fingerprint density at radius 1 is 1.82 bits per heavy atom. The zero-order chi connectivity index (χ0) is 8.27. The van der Waals surface area contributed by atoms with Crippen LogP contribution in [0.2, 0.25) is 0 Å². The van der Waals surface area contributed by atoms with Crippen molar-refractivity contribution in [2.75, 3.05) is 33.8 Å². The average Bonchev–Trinajstić information content (AvgIpc) is 1.99. The smallest absolute Gasteiger partial charge is 0.252 e. The highest BCUT2D eigenvalue weighted by Gasteiger charge is 2.25. The van der Waals surface area contributed by atoms with E-state index in [0.717, 1.165) is 0 Å². The number of hydrogen-bond donors (Lipinski definition) is 1. The number of carbonyl (C=O) groups excluding carboxylic acids is 1. The third-order valence-corrected chi connectivity index (χ3v) is 1.79. The van der Waals surface area contributed by atoms with E-state index in [1.807, 2.05) is 7.05 Å². The maximum Gasteiger partial charge on any atom is 0.252 e. The van der Waals surface area contributed by atoms with E-state index in [4.69, 9.17) is 4.74 Å². The van der Waals surface area contributed by atoms with Crippen LogP contribution in [0.4, 0.5) is 0 Å². The van der Waals surface area contributed by atoms with Crippen LogP contribution in [-0.2, 0) is 9.53 Å². The highest BCUT2D eigenvalue weighted by atomic mass is 16.5. The number of nitrogens with one attached hydrogen (secondary N) is 1. The number of hydrogen-bond acceptors (Lipinski definition) is 3. The SMILES string of the molecule is CNCC1OCCN(C)C1=O. The van der Waals surface area contributed by atoms with E-state index in [2.05, 4.69) is 5.32 Å². The van der Waals surface area contributed by atoms with E-state index in [0.29, 0.717) is 19.7 Å². The van der Waals surface area contributed by atoms with Gasteiger partial charge in [-0.3, -0.25) is 4.79 Å². The van der Waals surface area contributed by atoms with E-state index in [-0.39, 0.29) is 12.0 Å². The van der Waals surface area contributed by atoms with E-state index < -0.39 is 0 Å². The van der Waals surface area contributed by atoms with Crippen LogP contribution in [-0.4, -0.2) is 50.7 Å². The van der Waals surface area contributed by atoms with Crippen molar-refractivity contribution in [3.63, 3.8) is 0 Å². The molecule has 0 radical (unpaired) electrons. The fourth-order valence-electron chi connectivity index (χ4n) is 1.09. The first-order valence-corrected chi connectivity index (χ1v) is 3.77. The van der Waals surface area contributed by atoms with Gasteiger partial charge < -0.3 is 15.0 Å². The van der Waals surface area contributed by atoms with Gasteiger partial charge in [0.15, 0.2) is 0 Å². The molecule has 0 aliphatic carbocycles. The lowest BCUT2D eigenvalue weighted by atomic mass is 10.2. The van der Waals surface area contributed by atoms with Crippen LogP contribution in [0.5, 0.6) is 0 Å². The minimum atomic E-state index is -0.279. The Hall–Kier alpha value is -0.610. The maximum atomic E-state index is 11.3. The fourth-order valence-corrected chi connectivity index (χ4v) is 1.09. The Bertz CT molecular complexity index is 147. The highest BCUT2D eigenvalue weighted by Crippen LogP contribution is 2.03. The Kier molecular flexibility index (Phi) is 2.84. The van der Waals surface area contributed by atoms with Crippen molar-refractivity contribution in [2.45, 2.75) is 6.10 Å². The summed E-state index contributed by atoms with van der Waals surface area (Å²) in [6.45, 7) is 1.96. The lowest BCUT2D eigenvalue weighted by Gasteiger charge is -2.29. The lowest BCUT2D eigenvalue weighted by Crippen LogP contribution is -2.49. The average molecular weight is 158 g/mol. The summed E-state index contributed by atoms with van der Waals surface area (Å²) in [7, 11) is 3.61. The first kappa shape index (κ1) is 8.49. The molecule has 0 aromatic heterocycles. The van der Waals surface area contributed by atoms with Crippen molar-refractivity contribution < 1.29 is 9.53 Å². The van der Waals surface area contributed by atoms with Gasteiger partial charge in [0.05, 0.1) is 6.61 Å². The molecule has 4 nitrogen and oxygen atoms in total. The second-order valence-corrected chi connectivity index (χ2v) is 2.68. The van der Waals surface area contributed by atoms with Crippen molar-refractivity contribution >= 4 is 5.91 Å². The molecule has 1 aliphatic rings. The molecular formula is C7H14N2O2. The Morgan fingerprint density at radius 3 is 3.18 bits per heavy atom. The van der Waals surface area contributed by atoms with Crippen LogP contribution < -0.4 is 5.32 Å². The molecule has 4 heteroatoms. The van der Waals surface area contributed by atoms with Crippen molar-refractivity contribution in [3.8, 4) is 0 Å². The molecule has 1 rings (SSSR count). The molecule has 1 saturated heterocycles. The van der Waals surface area contributed by atoms with Gasteiger partial charge in [-0.1, -0.05) is 0 Å². The van der Waals surface area contributed by atoms with Crippen LogP contribution in [0.3, 0.4) is 0 Å². The van der Waals surface area contributed by atoms with E-state index in [1.54, 1.807) is 11.9 Å². The predicted molar refractivity (Wildman–Crippen MR) is 41.3 cm³/mol. The summed E-state index contributed by atoms with van der Waals surface area (Å²) >= 11 is 0. The molecule has 11 heavy (non-hydrogen) atoms. The molecule has 1 heterocycles. The van der Waals surface area contributed by atoms with Gasteiger partial charge in [-0.15, -0.1) is 0 Å². The molecule has 1 amide bonds. The van der Waals surface area contributed by atoms with Gasteiger partial charge in [0.2, 0.25) is 0 Å². The molecule has 0 saturated carbocycles. The summed E-state index contributed by atoms with van der Waals surface area (Å²) in [6.07, 6.45) is -0.279. The zero-order valence-corrected chi connectivity index (χ0v) is 6.96. The van der Waals surface area contributed by atoms with Crippen molar-refractivity contribution in [2.24, 2.45) is 0 Å². The summed E-state index contributed by atoms with van der Waals surface area (Å²) in [4.78, 5) is 13.0. The summed E-state index contributed by atoms with van der Waals surface area (Å²) in [5.41, 5.74) is 0. The summed E-state index contributed by atoms with van der Waals surface area (Å²) < 4.78 is 5.25. The summed E-state index contributed by atoms with van der Waals surface area (Å²) in [5, 5.41) is 2.92. The molecule has 64 valence electrons. The topological polar surface area (TPSA) is 41.6 Å². The Morgan fingerprint density at radius 2 is 2.55 bits per heavy atom. The molecular weight excluding hydrogens is 144 g/mol. The molecule has 1 aliphatic heterocycles. The van der Waals surface area contributed by atoms with Crippen molar-refractivity contribution in [1.82, 2.24) is 10.2 Å². The number of likely N-dealkylation sites (N-methyl/N-ethyl adjacent to an activating group) is 2. The number of ether oxygens (including phenoxy) is 1. The number of carbonyl (C=O) groups is 1. The third kappa shape index (κ3) is 1.91. The van der Waals surface area contributed by atoms with Crippen LogP contribution in [0.25, 0.3) is 0 Å². The number of amides is 1.